The standard InChI is InChI=1S/C23H16BrCl2N3OS/c24-18-6-3-16(4-7-18)22-14-31-23(28-22)29-27-12-15-1-9-20(10-2-15)30-13-17-5-8-19(25)11-21(17)26/h1-12,14H,13H2,(H,28,29)/b27-12-. The van der Waals surface area contributed by atoms with Gasteiger partial charge < -0.3 is 4.74 Å². The summed E-state index contributed by atoms with van der Waals surface area (Å²) in [6, 6.07) is 21.0. The van der Waals surface area contributed by atoms with Crippen LogP contribution in [0.3, 0.4) is 0 Å². The largest absolute Gasteiger partial charge is 0.489 e. The van der Waals surface area contributed by atoms with E-state index in [1.807, 2.05) is 60.0 Å². The van der Waals surface area contributed by atoms with Crippen molar-refractivity contribution in [1.82, 2.24) is 4.98 Å². The third-order valence-electron chi connectivity index (χ3n) is 4.31. The lowest BCUT2D eigenvalue weighted by Crippen LogP contribution is -1.96. The highest BCUT2D eigenvalue weighted by Gasteiger charge is 2.04. The average Bonchev–Trinajstić information content (AvgIpc) is 3.23. The van der Waals surface area contributed by atoms with E-state index in [0.717, 1.165) is 37.7 Å². The summed E-state index contributed by atoms with van der Waals surface area (Å²) in [5.74, 6) is 0.746. The molecule has 1 N–H and O–H groups in total. The highest BCUT2D eigenvalue weighted by atomic mass is 79.9. The SMILES string of the molecule is Clc1ccc(COc2ccc(/C=N\Nc3nc(-c4ccc(Br)cc4)cs3)cc2)c(Cl)c1. The molecule has 3 aromatic carbocycles. The van der Waals surface area contributed by atoms with Gasteiger partial charge >= 0.3 is 0 Å². The van der Waals surface area contributed by atoms with Gasteiger partial charge in [-0.3, -0.25) is 5.43 Å². The van der Waals surface area contributed by atoms with Crippen LogP contribution in [0.2, 0.25) is 10.0 Å². The van der Waals surface area contributed by atoms with E-state index in [4.69, 9.17) is 27.9 Å². The Kier molecular flexibility index (Phi) is 7.25. The minimum absolute atomic E-state index is 0.371. The van der Waals surface area contributed by atoms with E-state index in [9.17, 15) is 0 Å². The van der Waals surface area contributed by atoms with Gasteiger partial charge in [-0.1, -0.05) is 57.3 Å². The second-order valence-electron chi connectivity index (χ2n) is 6.51. The fraction of sp³-hybridized carbons (Fsp3) is 0.0435. The first-order valence-corrected chi connectivity index (χ1v) is 11.7. The number of hydrazone groups is 1. The molecule has 4 nitrogen and oxygen atoms in total. The normalized spacial score (nSPS) is 11.1. The lowest BCUT2D eigenvalue weighted by molar-refractivity contribution is 0.306. The van der Waals surface area contributed by atoms with Gasteiger partial charge in [0.25, 0.3) is 0 Å². The van der Waals surface area contributed by atoms with Crippen molar-refractivity contribution < 1.29 is 4.74 Å². The second-order valence-corrected chi connectivity index (χ2v) is 9.13. The van der Waals surface area contributed by atoms with E-state index in [-0.39, 0.29) is 0 Å². The number of aromatic nitrogens is 1. The smallest absolute Gasteiger partial charge is 0.203 e. The van der Waals surface area contributed by atoms with Gasteiger partial charge in [-0.15, -0.1) is 11.3 Å². The Hall–Kier alpha value is -2.38. The zero-order valence-electron chi connectivity index (χ0n) is 16.1. The molecule has 0 fully saturated rings. The quantitative estimate of drug-likeness (QED) is 0.194. The van der Waals surface area contributed by atoms with Gasteiger partial charge in [0.15, 0.2) is 0 Å². The molecule has 1 aromatic heterocycles. The van der Waals surface area contributed by atoms with Gasteiger partial charge in [-0.2, -0.15) is 5.10 Å². The van der Waals surface area contributed by atoms with Gasteiger partial charge in [0.1, 0.15) is 12.4 Å². The Labute approximate surface area is 202 Å². The molecule has 0 saturated heterocycles. The topological polar surface area (TPSA) is 46.5 Å². The summed E-state index contributed by atoms with van der Waals surface area (Å²) in [7, 11) is 0. The van der Waals surface area contributed by atoms with Crippen LogP contribution in [-0.2, 0) is 6.61 Å². The summed E-state index contributed by atoms with van der Waals surface area (Å²) in [5, 5.41) is 8.20. The van der Waals surface area contributed by atoms with Crippen LogP contribution in [0.1, 0.15) is 11.1 Å². The van der Waals surface area contributed by atoms with Gasteiger partial charge in [0, 0.05) is 31.0 Å². The van der Waals surface area contributed by atoms with Crippen molar-refractivity contribution in [3.63, 3.8) is 0 Å². The predicted octanol–water partition coefficient (Wildman–Crippen LogP) is 7.90. The minimum atomic E-state index is 0.371. The monoisotopic (exact) mass is 531 g/mol. The van der Waals surface area contributed by atoms with E-state index in [1.54, 1.807) is 18.3 Å². The van der Waals surface area contributed by atoms with E-state index in [2.05, 4.69) is 31.4 Å². The number of halogens is 3. The summed E-state index contributed by atoms with van der Waals surface area (Å²) < 4.78 is 6.84. The summed E-state index contributed by atoms with van der Waals surface area (Å²) in [6.07, 6.45) is 1.74. The molecule has 0 radical (unpaired) electrons. The number of ether oxygens (including phenoxy) is 1. The Morgan fingerprint density at radius 3 is 2.55 bits per heavy atom. The van der Waals surface area contributed by atoms with E-state index in [0.29, 0.717) is 16.7 Å². The molecular weight excluding hydrogens is 517 g/mol. The molecule has 31 heavy (non-hydrogen) atoms. The first-order valence-electron chi connectivity index (χ1n) is 9.24. The van der Waals surface area contributed by atoms with Crippen LogP contribution in [0.4, 0.5) is 5.13 Å². The molecule has 0 unspecified atom stereocenters. The number of anilines is 1. The maximum absolute atomic E-state index is 6.18. The Morgan fingerprint density at radius 2 is 1.81 bits per heavy atom. The van der Waals surface area contributed by atoms with Crippen molar-refractivity contribution in [2.24, 2.45) is 5.10 Å². The van der Waals surface area contributed by atoms with Crippen molar-refractivity contribution >= 4 is 61.8 Å². The number of benzene rings is 3. The molecule has 0 aliphatic heterocycles. The van der Waals surface area contributed by atoms with Gasteiger partial charge in [-0.25, -0.2) is 4.98 Å². The molecule has 0 amide bonds. The molecule has 156 valence electrons. The Balaban J connectivity index is 1.31. The van der Waals surface area contributed by atoms with E-state index < -0.39 is 0 Å². The molecule has 0 aliphatic rings. The van der Waals surface area contributed by atoms with Crippen LogP contribution < -0.4 is 10.2 Å². The third-order valence-corrected chi connectivity index (χ3v) is 6.17. The van der Waals surface area contributed by atoms with Crippen molar-refractivity contribution in [2.75, 3.05) is 5.43 Å². The van der Waals surface area contributed by atoms with Crippen molar-refractivity contribution in [2.45, 2.75) is 6.61 Å². The number of nitrogens with zero attached hydrogens (tertiary/aromatic N) is 2. The van der Waals surface area contributed by atoms with Crippen molar-refractivity contribution in [3.8, 4) is 17.0 Å². The van der Waals surface area contributed by atoms with Gasteiger partial charge in [-0.05, 0) is 54.1 Å². The van der Waals surface area contributed by atoms with E-state index >= 15 is 0 Å². The lowest BCUT2D eigenvalue weighted by Gasteiger charge is -2.08. The Bertz CT molecular complexity index is 1190. The molecule has 0 bridgehead atoms. The van der Waals surface area contributed by atoms with Crippen LogP contribution >= 0.6 is 50.5 Å². The summed E-state index contributed by atoms with van der Waals surface area (Å²) in [4.78, 5) is 4.56. The zero-order valence-corrected chi connectivity index (χ0v) is 20.0. The van der Waals surface area contributed by atoms with Crippen LogP contribution in [0.25, 0.3) is 11.3 Å². The molecule has 0 saturated carbocycles. The fourth-order valence-corrected chi connectivity index (χ4v) is 4.09. The summed E-state index contributed by atoms with van der Waals surface area (Å²) in [5.41, 5.74) is 6.77. The van der Waals surface area contributed by atoms with Crippen molar-refractivity contribution in [1.29, 1.82) is 0 Å². The number of hydrogen-bond acceptors (Lipinski definition) is 5. The highest BCUT2D eigenvalue weighted by Crippen LogP contribution is 2.26. The maximum Gasteiger partial charge on any atom is 0.203 e. The second kappa shape index (κ2) is 10.3. The molecule has 4 rings (SSSR count). The fourth-order valence-electron chi connectivity index (χ4n) is 2.69. The first kappa shape index (κ1) is 21.8. The first-order chi connectivity index (χ1) is 15.1. The van der Waals surface area contributed by atoms with Crippen LogP contribution in [0.15, 0.2) is 81.7 Å². The zero-order chi connectivity index (χ0) is 21.6. The van der Waals surface area contributed by atoms with Crippen LogP contribution in [0.5, 0.6) is 5.75 Å². The van der Waals surface area contributed by atoms with Gasteiger partial charge in [0.05, 0.1) is 11.9 Å². The highest BCUT2D eigenvalue weighted by molar-refractivity contribution is 9.10. The molecule has 0 spiro atoms. The average molecular weight is 533 g/mol. The van der Waals surface area contributed by atoms with E-state index in [1.165, 1.54) is 11.3 Å². The molecular formula is C23H16BrCl2N3OS. The molecule has 8 heteroatoms. The van der Waals surface area contributed by atoms with Crippen LogP contribution in [-0.4, -0.2) is 11.2 Å². The molecule has 0 atom stereocenters. The van der Waals surface area contributed by atoms with Crippen LogP contribution in [0, 0.1) is 0 Å². The lowest BCUT2D eigenvalue weighted by atomic mass is 10.2. The Morgan fingerprint density at radius 1 is 1.03 bits per heavy atom. The number of hydrogen-bond donors (Lipinski definition) is 1. The van der Waals surface area contributed by atoms with Crippen molar-refractivity contribution in [3.05, 3.63) is 97.8 Å². The summed E-state index contributed by atoms with van der Waals surface area (Å²) >= 11 is 17.0. The molecule has 1 heterocycles. The summed E-state index contributed by atoms with van der Waals surface area (Å²) in [6.45, 7) is 0.371. The third kappa shape index (κ3) is 6.08. The number of thiazole rings is 1. The minimum Gasteiger partial charge on any atom is -0.489 e. The molecule has 0 aliphatic carbocycles. The maximum atomic E-state index is 6.18. The molecule has 4 aromatic rings. The number of nitrogens with one attached hydrogen (secondary N) is 1. The predicted molar refractivity (Wildman–Crippen MR) is 134 cm³/mol. The van der Waals surface area contributed by atoms with Gasteiger partial charge in [0.2, 0.25) is 5.13 Å². The number of rotatable bonds is 7.